The summed E-state index contributed by atoms with van der Waals surface area (Å²) in [5, 5.41) is 8.60. The SMILES string of the molecule is CC/C=C\CCCCCCCCC/C=C\CCCCCC(O)(C[N+](C)(C)C)P(=O)(O)O. The summed E-state index contributed by atoms with van der Waals surface area (Å²) < 4.78 is 12.1. The van der Waals surface area contributed by atoms with E-state index < -0.39 is 12.9 Å². The van der Waals surface area contributed by atoms with Crippen molar-refractivity contribution in [3.63, 3.8) is 0 Å². The van der Waals surface area contributed by atoms with Gasteiger partial charge in [0.15, 0.2) is 0 Å². The third-order valence-electron chi connectivity index (χ3n) is 5.53. The molecule has 0 amide bonds. The summed E-state index contributed by atoms with van der Waals surface area (Å²) in [7, 11) is 0.943. The monoisotopic (exact) mass is 460 g/mol. The maximum atomic E-state index is 11.8. The molecule has 0 aliphatic carbocycles. The molecule has 31 heavy (non-hydrogen) atoms. The Morgan fingerprint density at radius 1 is 0.710 bits per heavy atom. The largest absolute Gasteiger partial charge is 0.373 e. The molecule has 6 heteroatoms. The Morgan fingerprint density at radius 2 is 1.10 bits per heavy atom. The van der Waals surface area contributed by atoms with Gasteiger partial charge in [-0.25, -0.2) is 0 Å². The first-order valence-corrected chi connectivity index (χ1v) is 14.0. The second-order valence-corrected chi connectivity index (χ2v) is 11.9. The minimum atomic E-state index is -4.55. The highest BCUT2D eigenvalue weighted by molar-refractivity contribution is 7.53. The third kappa shape index (κ3) is 17.7. The van der Waals surface area contributed by atoms with Gasteiger partial charge in [0.2, 0.25) is 5.34 Å². The summed E-state index contributed by atoms with van der Waals surface area (Å²) in [6.45, 7) is 2.23. The summed E-state index contributed by atoms with van der Waals surface area (Å²) in [5.74, 6) is 0. The van der Waals surface area contributed by atoms with Crippen molar-refractivity contribution in [2.75, 3.05) is 27.7 Å². The number of rotatable bonds is 20. The van der Waals surface area contributed by atoms with Gasteiger partial charge in [0.1, 0.15) is 6.54 Å². The lowest BCUT2D eigenvalue weighted by molar-refractivity contribution is -0.875. The normalized spacial score (nSPS) is 15.2. The van der Waals surface area contributed by atoms with Crippen LogP contribution in [-0.2, 0) is 4.57 Å². The van der Waals surface area contributed by atoms with Gasteiger partial charge >= 0.3 is 7.60 Å². The fraction of sp³-hybridized carbons (Fsp3) is 0.840. The van der Waals surface area contributed by atoms with Gasteiger partial charge < -0.3 is 19.4 Å². The summed E-state index contributed by atoms with van der Waals surface area (Å²) in [6.07, 6.45) is 25.5. The van der Waals surface area contributed by atoms with Crippen LogP contribution in [0.5, 0.6) is 0 Å². The van der Waals surface area contributed by atoms with Crippen molar-refractivity contribution >= 4 is 7.60 Å². The molecule has 0 aromatic carbocycles. The van der Waals surface area contributed by atoms with Crippen LogP contribution < -0.4 is 0 Å². The molecule has 184 valence electrons. The second kappa shape index (κ2) is 17.1. The predicted molar refractivity (Wildman–Crippen MR) is 133 cm³/mol. The van der Waals surface area contributed by atoms with Crippen LogP contribution in [0.4, 0.5) is 0 Å². The summed E-state index contributed by atoms with van der Waals surface area (Å²) in [4.78, 5) is 19.2. The Balaban J connectivity index is 3.69. The Labute approximate surface area is 192 Å². The number of aliphatic hydroxyl groups is 1. The molecule has 1 atom stereocenters. The molecule has 0 saturated heterocycles. The quantitative estimate of drug-likeness (QED) is 0.0834. The zero-order valence-corrected chi connectivity index (χ0v) is 21.7. The van der Waals surface area contributed by atoms with E-state index >= 15 is 0 Å². The van der Waals surface area contributed by atoms with Gasteiger partial charge in [0.05, 0.1) is 21.1 Å². The standard InChI is InChI=1S/C25H50NO4P/c1-5-6-7-8-9-10-11-12-13-14-15-16-17-18-19-20-21-22-23-25(27,31(28,29)30)24-26(2,3)4/h6-7,17-18,27H,5,8-16,19-24H2,1-4H3,(H-,28,29,30)/p+1/b7-6-,18-17-. The van der Waals surface area contributed by atoms with Gasteiger partial charge in [0.25, 0.3) is 0 Å². The summed E-state index contributed by atoms with van der Waals surface area (Å²) >= 11 is 0. The molecular formula is C25H51NO4P+. The molecule has 0 aliphatic rings. The summed E-state index contributed by atoms with van der Waals surface area (Å²) in [5.41, 5.74) is 0. The minimum Gasteiger partial charge on any atom is -0.373 e. The highest BCUT2D eigenvalue weighted by Gasteiger charge is 2.48. The number of unbranched alkanes of at least 4 members (excludes halogenated alkanes) is 11. The Kier molecular flexibility index (Phi) is 16.8. The van der Waals surface area contributed by atoms with E-state index in [9.17, 15) is 19.5 Å². The fourth-order valence-corrected chi connectivity index (χ4v) is 4.91. The van der Waals surface area contributed by atoms with E-state index in [1.807, 2.05) is 21.1 Å². The summed E-state index contributed by atoms with van der Waals surface area (Å²) in [6, 6.07) is 0. The van der Waals surface area contributed by atoms with E-state index in [4.69, 9.17) is 0 Å². The van der Waals surface area contributed by atoms with Crippen LogP contribution in [-0.4, -0.2) is 52.4 Å². The van der Waals surface area contributed by atoms with E-state index in [0.29, 0.717) is 10.9 Å². The van der Waals surface area contributed by atoms with Crippen molar-refractivity contribution in [3.05, 3.63) is 24.3 Å². The number of nitrogens with zero attached hydrogens (tertiary/aromatic N) is 1. The average Bonchev–Trinajstić information content (AvgIpc) is 2.65. The molecule has 0 heterocycles. The van der Waals surface area contributed by atoms with Crippen LogP contribution >= 0.6 is 7.60 Å². The molecule has 0 aromatic rings. The fourth-order valence-electron chi connectivity index (χ4n) is 3.85. The topological polar surface area (TPSA) is 77.8 Å². The number of hydrogen-bond donors (Lipinski definition) is 3. The smallest absolute Gasteiger partial charge is 0.362 e. The molecule has 1 unspecified atom stereocenters. The molecule has 5 nitrogen and oxygen atoms in total. The highest BCUT2D eigenvalue weighted by atomic mass is 31.2. The van der Waals surface area contributed by atoms with Gasteiger partial charge in [-0.3, -0.25) is 4.57 Å². The number of likely N-dealkylation sites (N-methyl/N-ethyl adjacent to an activating group) is 1. The average molecular weight is 461 g/mol. The first kappa shape index (κ1) is 30.6. The van der Waals surface area contributed by atoms with E-state index in [1.165, 1.54) is 51.4 Å². The molecule has 3 N–H and O–H groups in total. The van der Waals surface area contributed by atoms with Crippen LogP contribution in [0.1, 0.15) is 103 Å². The lowest BCUT2D eigenvalue weighted by atomic mass is 10.1. The lowest BCUT2D eigenvalue weighted by Crippen LogP contribution is -2.49. The predicted octanol–water partition coefficient (Wildman–Crippen LogP) is 6.54. The molecule has 0 aromatic heterocycles. The van der Waals surface area contributed by atoms with E-state index in [0.717, 1.165) is 32.1 Å². The second-order valence-electron chi connectivity index (χ2n) is 9.98. The molecule has 0 radical (unpaired) electrons. The Bertz CT molecular complexity index is 536. The van der Waals surface area contributed by atoms with E-state index in [1.54, 1.807) is 0 Å². The number of allylic oxidation sites excluding steroid dienone is 4. The van der Waals surface area contributed by atoms with Gasteiger partial charge in [-0.05, 0) is 57.8 Å². The first-order chi connectivity index (χ1) is 14.5. The van der Waals surface area contributed by atoms with Crippen LogP contribution in [0, 0.1) is 0 Å². The first-order valence-electron chi connectivity index (χ1n) is 12.4. The highest BCUT2D eigenvalue weighted by Crippen LogP contribution is 2.52. The minimum absolute atomic E-state index is 0.0491. The third-order valence-corrected chi connectivity index (χ3v) is 6.98. The molecule has 0 rings (SSSR count). The van der Waals surface area contributed by atoms with Crippen LogP contribution in [0.2, 0.25) is 0 Å². The van der Waals surface area contributed by atoms with Gasteiger partial charge in [0, 0.05) is 0 Å². The van der Waals surface area contributed by atoms with Gasteiger partial charge in [-0.1, -0.05) is 69.8 Å². The van der Waals surface area contributed by atoms with Crippen molar-refractivity contribution in [1.82, 2.24) is 0 Å². The maximum Gasteiger partial charge on any atom is 0.362 e. The lowest BCUT2D eigenvalue weighted by Gasteiger charge is -2.35. The molecule has 0 bridgehead atoms. The van der Waals surface area contributed by atoms with Crippen molar-refractivity contribution in [2.24, 2.45) is 0 Å². The molecule has 0 spiro atoms. The zero-order chi connectivity index (χ0) is 23.6. The van der Waals surface area contributed by atoms with E-state index in [2.05, 4.69) is 31.2 Å². The Morgan fingerprint density at radius 3 is 1.48 bits per heavy atom. The van der Waals surface area contributed by atoms with Gasteiger partial charge in [-0.15, -0.1) is 0 Å². The molecule has 0 aliphatic heterocycles. The van der Waals surface area contributed by atoms with Crippen LogP contribution in [0.25, 0.3) is 0 Å². The zero-order valence-electron chi connectivity index (χ0n) is 20.8. The molecular weight excluding hydrogens is 409 g/mol. The van der Waals surface area contributed by atoms with Crippen molar-refractivity contribution in [2.45, 2.75) is 109 Å². The van der Waals surface area contributed by atoms with Crippen LogP contribution in [0.15, 0.2) is 24.3 Å². The Hall–Kier alpha value is -0.450. The molecule has 0 saturated carbocycles. The van der Waals surface area contributed by atoms with E-state index in [-0.39, 0.29) is 13.0 Å². The van der Waals surface area contributed by atoms with Crippen molar-refractivity contribution in [3.8, 4) is 0 Å². The van der Waals surface area contributed by atoms with Crippen molar-refractivity contribution < 1.29 is 23.9 Å². The van der Waals surface area contributed by atoms with Crippen LogP contribution in [0.3, 0.4) is 0 Å². The molecule has 0 fully saturated rings. The maximum absolute atomic E-state index is 11.8. The van der Waals surface area contributed by atoms with Gasteiger partial charge in [-0.2, -0.15) is 0 Å². The number of quaternary nitrogens is 1. The van der Waals surface area contributed by atoms with Crippen molar-refractivity contribution in [1.29, 1.82) is 0 Å². The number of hydrogen-bond acceptors (Lipinski definition) is 2.